The largest absolute Gasteiger partial charge is 0.369 e. The van der Waals surface area contributed by atoms with Crippen molar-refractivity contribution in [1.82, 2.24) is 30.2 Å². The quantitative estimate of drug-likeness (QED) is 0.247. The van der Waals surface area contributed by atoms with Crippen molar-refractivity contribution >= 4 is 39.1 Å². The van der Waals surface area contributed by atoms with E-state index in [-0.39, 0.29) is 0 Å². The lowest BCUT2D eigenvalue weighted by Crippen LogP contribution is -2.44. The van der Waals surface area contributed by atoms with Gasteiger partial charge in [-0.05, 0) is 98.9 Å². The predicted octanol–water partition coefficient (Wildman–Crippen LogP) is 5.28. The second-order valence-corrected chi connectivity index (χ2v) is 11.7. The van der Waals surface area contributed by atoms with E-state index in [9.17, 15) is 8.78 Å². The van der Waals surface area contributed by atoms with Crippen LogP contribution in [0.25, 0.3) is 21.8 Å². The molecule has 0 radical (unpaired) electrons. The van der Waals surface area contributed by atoms with E-state index in [1.54, 1.807) is 0 Å². The van der Waals surface area contributed by atoms with E-state index in [0.29, 0.717) is 23.7 Å². The maximum absolute atomic E-state index is 13.8. The molecule has 5 aromatic rings. The Bertz CT molecular complexity index is 1690. The fourth-order valence-electron chi connectivity index (χ4n) is 6.29. The summed E-state index contributed by atoms with van der Waals surface area (Å²) in [5.74, 6) is 0.888. The molecule has 2 aliphatic rings. The zero-order chi connectivity index (χ0) is 28.6. The molecular formula is C32H36F2N8. The number of nitrogens with zero attached hydrogens (tertiary/aromatic N) is 5. The number of likely N-dealkylation sites (N-methyl/N-ethyl adjacent to an activating group) is 1. The zero-order valence-corrected chi connectivity index (χ0v) is 23.8. The molecule has 2 aliphatic heterocycles. The molecule has 7 rings (SSSR count). The van der Waals surface area contributed by atoms with Gasteiger partial charge in [-0.25, -0.2) is 8.78 Å². The predicted molar refractivity (Wildman–Crippen MR) is 164 cm³/mol. The van der Waals surface area contributed by atoms with Crippen LogP contribution in [0.2, 0.25) is 0 Å². The molecule has 2 fully saturated rings. The Hall–Kier alpha value is -4.02. The van der Waals surface area contributed by atoms with Gasteiger partial charge in [-0.2, -0.15) is 10.2 Å². The summed E-state index contributed by atoms with van der Waals surface area (Å²) in [5.41, 5.74) is 4.76. The summed E-state index contributed by atoms with van der Waals surface area (Å²) in [6.45, 7) is 7.11. The Balaban J connectivity index is 1.21. The molecular weight excluding hydrogens is 534 g/mol. The number of piperidine rings is 1. The van der Waals surface area contributed by atoms with Crippen molar-refractivity contribution < 1.29 is 8.78 Å². The van der Waals surface area contributed by atoms with Gasteiger partial charge in [-0.1, -0.05) is 6.07 Å². The fraction of sp³-hybridized carbons (Fsp3) is 0.375. The summed E-state index contributed by atoms with van der Waals surface area (Å²) in [6.07, 6.45) is 2.70. The number of aromatic amines is 1. The van der Waals surface area contributed by atoms with E-state index in [1.165, 1.54) is 17.8 Å². The van der Waals surface area contributed by atoms with Crippen molar-refractivity contribution in [3.63, 3.8) is 0 Å². The molecule has 0 saturated carbocycles. The molecule has 3 N–H and O–H groups in total. The number of H-pyrrole nitrogens is 1. The van der Waals surface area contributed by atoms with Crippen molar-refractivity contribution in [3.8, 4) is 0 Å². The van der Waals surface area contributed by atoms with E-state index < -0.39 is 11.6 Å². The van der Waals surface area contributed by atoms with Gasteiger partial charge >= 0.3 is 0 Å². The number of anilines is 3. The molecule has 0 aliphatic carbocycles. The first-order chi connectivity index (χ1) is 20.5. The zero-order valence-electron chi connectivity index (χ0n) is 23.8. The number of nitrogens with one attached hydrogen (secondary N) is 3. The molecule has 10 heteroatoms. The van der Waals surface area contributed by atoms with Crippen molar-refractivity contribution in [1.29, 1.82) is 0 Å². The van der Waals surface area contributed by atoms with Crippen LogP contribution in [0.15, 0.2) is 54.6 Å². The molecule has 3 aromatic carbocycles. The van der Waals surface area contributed by atoms with Crippen molar-refractivity contribution in [2.24, 2.45) is 5.92 Å². The topological polar surface area (TPSA) is 77.0 Å². The van der Waals surface area contributed by atoms with Crippen LogP contribution >= 0.6 is 0 Å². The van der Waals surface area contributed by atoms with Crippen LogP contribution in [0.1, 0.15) is 24.0 Å². The minimum Gasteiger partial charge on any atom is -0.369 e. The Labute approximate surface area is 243 Å². The van der Waals surface area contributed by atoms with Gasteiger partial charge in [-0.3, -0.25) is 9.78 Å². The minimum absolute atomic E-state index is 0.415. The van der Waals surface area contributed by atoms with Crippen LogP contribution in [-0.4, -0.2) is 71.2 Å². The summed E-state index contributed by atoms with van der Waals surface area (Å²) in [6, 6.07) is 16.2. The smallest absolute Gasteiger partial charge is 0.161 e. The van der Waals surface area contributed by atoms with Crippen LogP contribution in [0.4, 0.5) is 26.1 Å². The molecule has 0 spiro atoms. The number of fused-ring (bicyclic) bond motifs is 2. The summed E-state index contributed by atoms with van der Waals surface area (Å²) >= 11 is 0. The van der Waals surface area contributed by atoms with Gasteiger partial charge in [0.15, 0.2) is 11.6 Å². The Morgan fingerprint density at radius 2 is 1.64 bits per heavy atom. The minimum atomic E-state index is -0.570. The molecule has 0 atom stereocenters. The lowest BCUT2D eigenvalue weighted by molar-refractivity contribution is 0.313. The van der Waals surface area contributed by atoms with Gasteiger partial charge in [0.2, 0.25) is 0 Å². The van der Waals surface area contributed by atoms with Gasteiger partial charge in [0, 0.05) is 55.2 Å². The van der Waals surface area contributed by atoms with Gasteiger partial charge in [0.1, 0.15) is 11.6 Å². The second-order valence-electron chi connectivity index (χ2n) is 11.7. The highest BCUT2D eigenvalue weighted by atomic mass is 19.1. The van der Waals surface area contributed by atoms with E-state index >= 15 is 0 Å². The van der Waals surface area contributed by atoms with Crippen LogP contribution in [0.3, 0.4) is 0 Å². The molecule has 0 bridgehead atoms. The maximum atomic E-state index is 13.8. The third-order valence-corrected chi connectivity index (χ3v) is 8.69. The first-order valence-electron chi connectivity index (χ1n) is 14.8. The van der Waals surface area contributed by atoms with E-state index in [4.69, 9.17) is 5.10 Å². The Morgan fingerprint density at radius 3 is 2.43 bits per heavy atom. The third-order valence-electron chi connectivity index (χ3n) is 8.69. The van der Waals surface area contributed by atoms with Crippen molar-refractivity contribution in [2.45, 2.75) is 25.8 Å². The standard InChI is InChI=1S/C32H36F2N8/c1-40-10-12-41(13-11-40)26-3-4-27-30(19-26)42(20-21-6-8-35-9-7-21)39-32(27)36-31-28-17-22(2-5-29(28)37-38-31)14-23-15-24(33)18-25(34)16-23/h2-5,15-19,21,35H,6-14,20H2,1H3,(H2,36,37,38,39). The normalized spacial score (nSPS) is 17.0. The lowest BCUT2D eigenvalue weighted by atomic mass is 9.98. The molecule has 0 unspecified atom stereocenters. The first kappa shape index (κ1) is 26.9. The number of hydrogen-bond donors (Lipinski definition) is 3. The SMILES string of the molecule is CN1CCN(c2ccc3c(Nc4n[nH]c5ccc(Cc6cc(F)cc(F)c6)cc45)nn(CC4CCNCC4)c3c2)CC1. The van der Waals surface area contributed by atoms with Crippen molar-refractivity contribution in [2.75, 3.05) is 56.5 Å². The number of hydrogen-bond acceptors (Lipinski definition) is 6. The molecule has 42 heavy (non-hydrogen) atoms. The molecule has 4 heterocycles. The van der Waals surface area contributed by atoms with Gasteiger partial charge in [-0.15, -0.1) is 0 Å². The molecule has 218 valence electrons. The summed E-state index contributed by atoms with van der Waals surface area (Å²) in [4.78, 5) is 4.83. The summed E-state index contributed by atoms with van der Waals surface area (Å²) in [5, 5.41) is 21.7. The lowest BCUT2D eigenvalue weighted by Gasteiger charge is -2.34. The summed E-state index contributed by atoms with van der Waals surface area (Å²) < 4.78 is 29.7. The van der Waals surface area contributed by atoms with Crippen LogP contribution in [-0.2, 0) is 13.0 Å². The van der Waals surface area contributed by atoms with E-state index in [2.05, 4.69) is 60.6 Å². The van der Waals surface area contributed by atoms with Gasteiger partial charge < -0.3 is 20.4 Å². The first-order valence-corrected chi connectivity index (χ1v) is 14.8. The third kappa shape index (κ3) is 5.56. The number of halogens is 2. The number of rotatable bonds is 7. The van der Waals surface area contributed by atoms with Crippen molar-refractivity contribution in [3.05, 3.63) is 77.4 Å². The Kier molecular flexibility index (Phi) is 7.25. The number of benzene rings is 3. The second kappa shape index (κ2) is 11.3. The van der Waals surface area contributed by atoms with Crippen LogP contribution in [0.5, 0.6) is 0 Å². The highest BCUT2D eigenvalue weighted by Gasteiger charge is 2.21. The fourth-order valence-corrected chi connectivity index (χ4v) is 6.29. The number of piperazine rings is 1. The monoisotopic (exact) mass is 570 g/mol. The van der Waals surface area contributed by atoms with Crippen LogP contribution < -0.4 is 15.5 Å². The molecule has 2 saturated heterocycles. The van der Waals surface area contributed by atoms with E-state index in [1.807, 2.05) is 18.2 Å². The highest BCUT2D eigenvalue weighted by Crippen LogP contribution is 2.33. The average molecular weight is 571 g/mol. The van der Waals surface area contributed by atoms with Crippen LogP contribution in [0, 0.1) is 17.6 Å². The Morgan fingerprint density at radius 1 is 0.857 bits per heavy atom. The van der Waals surface area contributed by atoms with E-state index in [0.717, 1.165) is 97.9 Å². The molecule has 2 aromatic heterocycles. The number of aromatic nitrogens is 4. The highest BCUT2D eigenvalue weighted by molar-refractivity contribution is 5.98. The van der Waals surface area contributed by atoms with Gasteiger partial charge in [0.05, 0.1) is 11.0 Å². The maximum Gasteiger partial charge on any atom is 0.161 e. The molecule has 0 amide bonds. The average Bonchev–Trinajstić information content (AvgIpc) is 3.54. The summed E-state index contributed by atoms with van der Waals surface area (Å²) in [7, 11) is 2.18. The van der Waals surface area contributed by atoms with Gasteiger partial charge in [0.25, 0.3) is 0 Å². The molecule has 8 nitrogen and oxygen atoms in total.